The molecule has 2 atom stereocenters. The molecule has 3 N–H and O–H groups in total. The minimum absolute atomic E-state index is 0. The molecule has 0 saturated carbocycles. The molecule has 5 heteroatoms. The fourth-order valence-electron chi connectivity index (χ4n) is 3.48. The van der Waals surface area contributed by atoms with Gasteiger partial charge in [0, 0.05) is 13.2 Å². The maximum absolute atomic E-state index is 12.1. The molecule has 3 rings (SSSR count). The molecule has 2 aromatic carbocycles. The SMILES string of the molecule is Cl.N[C@@H](Cc1ccccc1)C(=O)NCCCOC1CCCc2ccccc21. The van der Waals surface area contributed by atoms with E-state index in [-0.39, 0.29) is 24.4 Å². The van der Waals surface area contributed by atoms with Gasteiger partial charge >= 0.3 is 0 Å². The lowest BCUT2D eigenvalue weighted by molar-refractivity contribution is -0.122. The molecule has 1 unspecified atom stereocenters. The van der Waals surface area contributed by atoms with Crippen LogP contribution in [-0.4, -0.2) is 25.1 Å². The molecule has 1 amide bonds. The summed E-state index contributed by atoms with van der Waals surface area (Å²) in [5.74, 6) is -0.100. The van der Waals surface area contributed by atoms with Gasteiger partial charge in [0.2, 0.25) is 5.91 Å². The maximum atomic E-state index is 12.1. The quantitative estimate of drug-likeness (QED) is 0.679. The van der Waals surface area contributed by atoms with Crippen molar-refractivity contribution in [3.8, 4) is 0 Å². The highest BCUT2D eigenvalue weighted by molar-refractivity contribution is 5.85. The van der Waals surface area contributed by atoms with Crippen LogP contribution in [0.5, 0.6) is 0 Å². The summed E-state index contributed by atoms with van der Waals surface area (Å²) < 4.78 is 6.06. The van der Waals surface area contributed by atoms with E-state index in [2.05, 4.69) is 29.6 Å². The third-order valence-electron chi connectivity index (χ3n) is 4.89. The van der Waals surface area contributed by atoms with E-state index in [1.807, 2.05) is 30.3 Å². The number of amides is 1. The standard InChI is InChI=1S/C22H28N2O2.ClH/c23-20(16-17-8-2-1-3-9-17)22(25)24-14-7-15-26-21-13-6-11-18-10-4-5-12-19(18)21;/h1-5,8-10,12,20-21H,6-7,11,13-16,23H2,(H,24,25);1H/t20-,21?;/m0./s1. The van der Waals surface area contributed by atoms with Gasteiger partial charge in [-0.15, -0.1) is 12.4 Å². The van der Waals surface area contributed by atoms with Crippen LogP contribution in [0.4, 0.5) is 0 Å². The average Bonchev–Trinajstić information content (AvgIpc) is 2.68. The maximum Gasteiger partial charge on any atom is 0.237 e. The number of nitrogens with one attached hydrogen (secondary N) is 1. The van der Waals surface area contributed by atoms with Crippen LogP contribution in [0.2, 0.25) is 0 Å². The number of halogens is 1. The second-order valence-electron chi connectivity index (χ2n) is 6.89. The Balaban J connectivity index is 0.00000261. The predicted octanol–water partition coefficient (Wildman–Crippen LogP) is 3.58. The van der Waals surface area contributed by atoms with E-state index in [0.29, 0.717) is 19.6 Å². The van der Waals surface area contributed by atoms with E-state index in [4.69, 9.17) is 10.5 Å². The fraction of sp³-hybridized carbons (Fsp3) is 0.409. The van der Waals surface area contributed by atoms with Gasteiger partial charge in [-0.05, 0) is 48.8 Å². The Labute approximate surface area is 167 Å². The lowest BCUT2D eigenvalue weighted by Crippen LogP contribution is -2.42. The van der Waals surface area contributed by atoms with Crippen molar-refractivity contribution in [2.45, 2.75) is 44.2 Å². The van der Waals surface area contributed by atoms with E-state index >= 15 is 0 Å². The molecule has 0 aliphatic heterocycles. The second kappa shape index (κ2) is 11.1. The number of fused-ring (bicyclic) bond motifs is 1. The summed E-state index contributed by atoms with van der Waals surface area (Å²) in [7, 11) is 0. The molecule has 0 spiro atoms. The molecule has 1 aliphatic rings. The first-order chi connectivity index (χ1) is 12.7. The molecule has 0 radical (unpaired) electrons. The molecule has 0 aromatic heterocycles. The zero-order valence-electron chi connectivity index (χ0n) is 15.6. The number of benzene rings is 2. The molecule has 1 aliphatic carbocycles. The van der Waals surface area contributed by atoms with Crippen molar-refractivity contribution in [2.75, 3.05) is 13.2 Å². The number of aryl methyl sites for hydroxylation is 1. The minimum atomic E-state index is -0.511. The zero-order valence-corrected chi connectivity index (χ0v) is 16.4. The Bertz CT molecular complexity index is 708. The van der Waals surface area contributed by atoms with Gasteiger partial charge in [-0.25, -0.2) is 0 Å². The number of carbonyl (C=O) groups is 1. The van der Waals surface area contributed by atoms with Crippen molar-refractivity contribution in [1.29, 1.82) is 0 Å². The summed E-state index contributed by atoms with van der Waals surface area (Å²) in [6, 6.07) is 17.9. The number of nitrogens with two attached hydrogens (primary N) is 1. The van der Waals surface area contributed by atoms with Crippen molar-refractivity contribution in [3.05, 3.63) is 71.3 Å². The molecular formula is C22H29ClN2O2. The normalized spacial score (nSPS) is 16.7. The topological polar surface area (TPSA) is 64.4 Å². The highest BCUT2D eigenvalue weighted by Gasteiger charge is 2.20. The molecule has 0 fully saturated rings. The minimum Gasteiger partial charge on any atom is -0.373 e. The van der Waals surface area contributed by atoms with Gasteiger partial charge < -0.3 is 15.8 Å². The number of hydrogen-bond donors (Lipinski definition) is 2. The number of carbonyl (C=O) groups excluding carboxylic acids is 1. The molecule has 0 bridgehead atoms. The predicted molar refractivity (Wildman–Crippen MR) is 111 cm³/mol. The van der Waals surface area contributed by atoms with Gasteiger partial charge in [-0.3, -0.25) is 4.79 Å². The fourth-order valence-corrected chi connectivity index (χ4v) is 3.48. The lowest BCUT2D eigenvalue weighted by atomic mass is 9.89. The summed E-state index contributed by atoms with van der Waals surface area (Å²) in [6.07, 6.45) is 4.93. The second-order valence-corrected chi connectivity index (χ2v) is 6.89. The van der Waals surface area contributed by atoms with Gasteiger partial charge in [0.25, 0.3) is 0 Å². The van der Waals surface area contributed by atoms with Crippen molar-refractivity contribution in [2.24, 2.45) is 5.73 Å². The van der Waals surface area contributed by atoms with Crippen LogP contribution in [0.15, 0.2) is 54.6 Å². The van der Waals surface area contributed by atoms with Crippen LogP contribution in [-0.2, 0) is 22.4 Å². The van der Waals surface area contributed by atoms with Crippen LogP contribution in [0.25, 0.3) is 0 Å². The number of hydrogen-bond acceptors (Lipinski definition) is 3. The molecule has 27 heavy (non-hydrogen) atoms. The molecule has 4 nitrogen and oxygen atoms in total. The molecule has 0 heterocycles. The Kier molecular flexibility index (Phi) is 8.79. The van der Waals surface area contributed by atoms with Crippen molar-refractivity contribution >= 4 is 18.3 Å². The van der Waals surface area contributed by atoms with E-state index in [1.54, 1.807) is 0 Å². The van der Waals surface area contributed by atoms with Crippen molar-refractivity contribution in [1.82, 2.24) is 5.32 Å². The van der Waals surface area contributed by atoms with Crippen molar-refractivity contribution < 1.29 is 9.53 Å². The summed E-state index contributed by atoms with van der Waals surface area (Å²) in [6.45, 7) is 1.24. The van der Waals surface area contributed by atoms with E-state index < -0.39 is 6.04 Å². The van der Waals surface area contributed by atoms with Crippen molar-refractivity contribution in [3.63, 3.8) is 0 Å². The summed E-state index contributed by atoms with van der Waals surface area (Å²) >= 11 is 0. The van der Waals surface area contributed by atoms with Crippen LogP contribution >= 0.6 is 12.4 Å². The summed E-state index contributed by atoms with van der Waals surface area (Å²) in [5.41, 5.74) is 9.80. The van der Waals surface area contributed by atoms with Gasteiger partial charge in [0.1, 0.15) is 0 Å². The van der Waals surface area contributed by atoms with Crippen LogP contribution in [0, 0.1) is 0 Å². The van der Waals surface area contributed by atoms with Crippen LogP contribution in [0.1, 0.15) is 42.1 Å². The Morgan fingerprint density at radius 1 is 1.15 bits per heavy atom. The first-order valence-electron chi connectivity index (χ1n) is 9.50. The van der Waals surface area contributed by atoms with E-state index in [9.17, 15) is 4.79 Å². The molecule has 2 aromatic rings. The summed E-state index contributed by atoms with van der Waals surface area (Å²) in [5, 5.41) is 2.92. The van der Waals surface area contributed by atoms with Crippen LogP contribution in [0.3, 0.4) is 0 Å². The molecular weight excluding hydrogens is 360 g/mol. The smallest absolute Gasteiger partial charge is 0.237 e. The van der Waals surface area contributed by atoms with Gasteiger partial charge in [-0.1, -0.05) is 54.6 Å². The molecule has 0 saturated heterocycles. The largest absolute Gasteiger partial charge is 0.373 e. The first kappa shape index (κ1) is 21.4. The Hall–Kier alpha value is -1.88. The van der Waals surface area contributed by atoms with Gasteiger partial charge in [-0.2, -0.15) is 0 Å². The third kappa shape index (κ3) is 6.35. The van der Waals surface area contributed by atoms with Gasteiger partial charge in [0.15, 0.2) is 0 Å². The highest BCUT2D eigenvalue weighted by Crippen LogP contribution is 2.32. The van der Waals surface area contributed by atoms with E-state index in [1.165, 1.54) is 17.5 Å². The van der Waals surface area contributed by atoms with Gasteiger partial charge in [0.05, 0.1) is 12.1 Å². The number of rotatable bonds is 8. The third-order valence-corrected chi connectivity index (χ3v) is 4.89. The highest BCUT2D eigenvalue weighted by atomic mass is 35.5. The Morgan fingerprint density at radius 3 is 2.70 bits per heavy atom. The molecule has 146 valence electrons. The van der Waals surface area contributed by atoms with E-state index in [0.717, 1.165) is 24.8 Å². The van der Waals surface area contributed by atoms with Crippen LogP contribution < -0.4 is 11.1 Å². The monoisotopic (exact) mass is 388 g/mol. The zero-order chi connectivity index (χ0) is 18.2. The first-order valence-corrected chi connectivity index (χ1v) is 9.50. The Morgan fingerprint density at radius 2 is 1.89 bits per heavy atom. The average molecular weight is 389 g/mol. The lowest BCUT2D eigenvalue weighted by Gasteiger charge is -2.25. The number of ether oxygens (including phenoxy) is 1. The summed E-state index contributed by atoms with van der Waals surface area (Å²) in [4.78, 5) is 12.1.